The number of carbonyl (C=O) groups is 1. The molecule has 7 heteroatoms. The lowest BCUT2D eigenvalue weighted by molar-refractivity contribution is -0.385. The van der Waals surface area contributed by atoms with Crippen LogP contribution in [0.2, 0.25) is 0 Å². The van der Waals surface area contributed by atoms with Gasteiger partial charge < -0.3 is 14.2 Å². The fourth-order valence-corrected chi connectivity index (χ4v) is 2.01. The second-order valence-corrected chi connectivity index (χ2v) is 4.58. The van der Waals surface area contributed by atoms with Crippen LogP contribution in [0, 0.1) is 10.1 Å². The average molecular weight is 317 g/mol. The third kappa shape index (κ3) is 3.76. The van der Waals surface area contributed by atoms with Crippen LogP contribution in [0.1, 0.15) is 15.9 Å². The highest BCUT2D eigenvalue weighted by atomic mass is 16.6. The van der Waals surface area contributed by atoms with E-state index in [9.17, 15) is 14.9 Å². The fraction of sp³-hybridized carbons (Fsp3) is 0.188. The topological polar surface area (TPSA) is 87.9 Å². The Kier molecular flexibility index (Phi) is 5.14. The summed E-state index contributed by atoms with van der Waals surface area (Å²) >= 11 is 0. The van der Waals surface area contributed by atoms with Gasteiger partial charge in [0, 0.05) is 11.6 Å². The Labute approximate surface area is 132 Å². The number of hydrogen-bond donors (Lipinski definition) is 0. The standard InChI is InChI=1S/C16H15NO6/c1-21-14-5-4-12(7-13(14)17(19)20)10-23-15-6-3-11(9-18)8-16(15)22-2/h3-9H,10H2,1-2H3. The molecular formula is C16H15NO6. The molecule has 7 nitrogen and oxygen atoms in total. The van der Waals surface area contributed by atoms with Gasteiger partial charge >= 0.3 is 5.69 Å². The van der Waals surface area contributed by atoms with Crippen LogP contribution in [0.3, 0.4) is 0 Å². The molecule has 120 valence electrons. The zero-order valence-electron chi connectivity index (χ0n) is 12.6. The normalized spacial score (nSPS) is 10.0. The molecule has 0 saturated heterocycles. The minimum atomic E-state index is -0.512. The van der Waals surface area contributed by atoms with Crippen molar-refractivity contribution in [3.8, 4) is 17.2 Å². The summed E-state index contributed by atoms with van der Waals surface area (Å²) in [5, 5.41) is 11.0. The molecule has 0 saturated carbocycles. The summed E-state index contributed by atoms with van der Waals surface area (Å²) < 4.78 is 15.7. The Morgan fingerprint density at radius 1 is 1.04 bits per heavy atom. The summed E-state index contributed by atoms with van der Waals surface area (Å²) in [4.78, 5) is 21.3. The van der Waals surface area contributed by atoms with E-state index in [-0.39, 0.29) is 18.0 Å². The van der Waals surface area contributed by atoms with Gasteiger partial charge in [-0.05, 0) is 29.8 Å². The van der Waals surface area contributed by atoms with Crippen molar-refractivity contribution < 1.29 is 23.9 Å². The largest absolute Gasteiger partial charge is 0.493 e. The van der Waals surface area contributed by atoms with E-state index in [0.29, 0.717) is 28.9 Å². The van der Waals surface area contributed by atoms with Crippen LogP contribution in [0.15, 0.2) is 36.4 Å². The summed E-state index contributed by atoms with van der Waals surface area (Å²) in [5.74, 6) is 1.04. The highest BCUT2D eigenvalue weighted by Crippen LogP contribution is 2.30. The quantitative estimate of drug-likeness (QED) is 0.443. The van der Waals surface area contributed by atoms with E-state index < -0.39 is 4.92 Å². The Morgan fingerprint density at radius 3 is 2.35 bits per heavy atom. The maximum Gasteiger partial charge on any atom is 0.311 e. The second-order valence-electron chi connectivity index (χ2n) is 4.58. The number of nitrogens with zero attached hydrogens (tertiary/aromatic N) is 1. The monoisotopic (exact) mass is 317 g/mol. The lowest BCUT2D eigenvalue weighted by Crippen LogP contribution is -2.00. The van der Waals surface area contributed by atoms with Crippen LogP contribution >= 0.6 is 0 Å². The van der Waals surface area contributed by atoms with Gasteiger partial charge in [-0.2, -0.15) is 0 Å². The summed E-state index contributed by atoms with van der Waals surface area (Å²) in [7, 11) is 2.84. The molecule has 0 heterocycles. The maximum atomic E-state index is 11.0. The molecule has 0 aliphatic rings. The first-order valence-corrected chi connectivity index (χ1v) is 6.66. The molecule has 0 radical (unpaired) electrons. The number of ether oxygens (including phenoxy) is 3. The number of carbonyl (C=O) groups excluding carboxylic acids is 1. The van der Waals surface area contributed by atoms with Crippen molar-refractivity contribution in [3.63, 3.8) is 0 Å². The number of benzene rings is 2. The van der Waals surface area contributed by atoms with Gasteiger partial charge in [-0.1, -0.05) is 6.07 Å². The van der Waals surface area contributed by atoms with Gasteiger partial charge in [0.1, 0.15) is 12.9 Å². The van der Waals surface area contributed by atoms with E-state index in [1.54, 1.807) is 24.3 Å². The third-order valence-electron chi connectivity index (χ3n) is 3.16. The van der Waals surface area contributed by atoms with Gasteiger partial charge in [-0.25, -0.2) is 0 Å². The van der Waals surface area contributed by atoms with E-state index in [1.165, 1.54) is 26.4 Å². The first-order valence-electron chi connectivity index (χ1n) is 6.66. The van der Waals surface area contributed by atoms with Crippen molar-refractivity contribution in [3.05, 3.63) is 57.6 Å². The Morgan fingerprint density at radius 2 is 1.74 bits per heavy atom. The second kappa shape index (κ2) is 7.26. The Bertz CT molecular complexity index is 729. The number of rotatable bonds is 7. The van der Waals surface area contributed by atoms with Crippen LogP contribution in [-0.2, 0) is 6.61 Å². The minimum absolute atomic E-state index is 0.113. The molecule has 0 fully saturated rings. The number of nitro groups is 1. The zero-order valence-corrected chi connectivity index (χ0v) is 12.6. The van der Waals surface area contributed by atoms with Crippen LogP contribution in [-0.4, -0.2) is 25.4 Å². The molecule has 0 spiro atoms. The molecule has 0 bridgehead atoms. The number of nitro benzene ring substituents is 1. The molecule has 0 aromatic heterocycles. The number of aldehydes is 1. The first kappa shape index (κ1) is 16.3. The molecule has 0 aliphatic carbocycles. The molecule has 23 heavy (non-hydrogen) atoms. The molecule has 2 aromatic rings. The van der Waals surface area contributed by atoms with Gasteiger partial charge in [0.2, 0.25) is 0 Å². The Hall–Kier alpha value is -3.09. The summed E-state index contributed by atoms with van der Waals surface area (Å²) in [5.41, 5.74) is 0.949. The summed E-state index contributed by atoms with van der Waals surface area (Å²) in [6.07, 6.45) is 0.707. The van der Waals surface area contributed by atoms with Crippen molar-refractivity contribution >= 4 is 12.0 Å². The van der Waals surface area contributed by atoms with Gasteiger partial charge in [0.05, 0.1) is 19.1 Å². The molecule has 0 N–H and O–H groups in total. The van der Waals surface area contributed by atoms with Crippen LogP contribution in [0.5, 0.6) is 17.2 Å². The predicted octanol–water partition coefficient (Wildman–Crippen LogP) is 3.00. The molecule has 0 unspecified atom stereocenters. The molecule has 2 aromatic carbocycles. The van der Waals surface area contributed by atoms with Crippen molar-refractivity contribution in [2.24, 2.45) is 0 Å². The molecule has 0 atom stereocenters. The van der Waals surface area contributed by atoms with E-state index in [2.05, 4.69) is 0 Å². The van der Waals surface area contributed by atoms with Crippen molar-refractivity contribution in [2.45, 2.75) is 6.61 Å². The van der Waals surface area contributed by atoms with E-state index in [4.69, 9.17) is 14.2 Å². The van der Waals surface area contributed by atoms with Crippen LogP contribution in [0.25, 0.3) is 0 Å². The number of hydrogen-bond acceptors (Lipinski definition) is 6. The van der Waals surface area contributed by atoms with Gasteiger partial charge in [0.15, 0.2) is 17.2 Å². The highest BCUT2D eigenvalue weighted by molar-refractivity contribution is 5.76. The predicted molar refractivity (Wildman–Crippen MR) is 82.4 cm³/mol. The lowest BCUT2D eigenvalue weighted by Gasteiger charge is -2.11. The van der Waals surface area contributed by atoms with Crippen LogP contribution < -0.4 is 14.2 Å². The molecular weight excluding hydrogens is 302 g/mol. The van der Waals surface area contributed by atoms with Crippen molar-refractivity contribution in [2.75, 3.05) is 14.2 Å². The van der Waals surface area contributed by atoms with Gasteiger partial charge in [-0.15, -0.1) is 0 Å². The first-order chi connectivity index (χ1) is 11.1. The van der Waals surface area contributed by atoms with E-state index in [1.807, 2.05) is 0 Å². The zero-order chi connectivity index (χ0) is 16.8. The van der Waals surface area contributed by atoms with Crippen molar-refractivity contribution in [1.29, 1.82) is 0 Å². The summed E-state index contributed by atoms with van der Waals surface area (Å²) in [6, 6.07) is 9.35. The number of methoxy groups -OCH3 is 2. The third-order valence-corrected chi connectivity index (χ3v) is 3.16. The van der Waals surface area contributed by atoms with E-state index in [0.717, 1.165) is 0 Å². The SMILES string of the molecule is COc1cc(C=O)ccc1OCc1ccc(OC)c([N+](=O)[O-])c1. The van der Waals surface area contributed by atoms with Gasteiger partial charge in [0.25, 0.3) is 0 Å². The molecule has 0 amide bonds. The minimum Gasteiger partial charge on any atom is -0.493 e. The molecule has 2 rings (SSSR count). The molecule has 0 aliphatic heterocycles. The highest BCUT2D eigenvalue weighted by Gasteiger charge is 2.15. The van der Waals surface area contributed by atoms with Crippen molar-refractivity contribution in [1.82, 2.24) is 0 Å². The Balaban J connectivity index is 2.19. The lowest BCUT2D eigenvalue weighted by atomic mass is 10.2. The maximum absolute atomic E-state index is 11.0. The smallest absolute Gasteiger partial charge is 0.311 e. The van der Waals surface area contributed by atoms with Gasteiger partial charge in [-0.3, -0.25) is 14.9 Å². The fourth-order valence-electron chi connectivity index (χ4n) is 2.01. The average Bonchev–Trinajstić information content (AvgIpc) is 2.59. The van der Waals surface area contributed by atoms with E-state index >= 15 is 0 Å². The van der Waals surface area contributed by atoms with Crippen LogP contribution in [0.4, 0.5) is 5.69 Å². The summed E-state index contributed by atoms with van der Waals surface area (Å²) in [6.45, 7) is 0.113.